The minimum Gasteiger partial charge on any atom is -0.399 e. The average Bonchev–Trinajstić information content (AvgIpc) is 3.01. The lowest BCUT2D eigenvalue weighted by atomic mass is 10.1. The molecule has 3 N–H and O–H groups in total. The van der Waals surface area contributed by atoms with Crippen molar-refractivity contribution in [3.63, 3.8) is 0 Å². The SMILES string of the molecule is CCn1c2ccccc2c2cc(C=N)ccc21.CS(=O)(=O)c1ccc(N)cc1. The summed E-state index contributed by atoms with van der Waals surface area (Å²) in [6.07, 6.45) is 2.57. The Morgan fingerprint density at radius 2 is 1.61 bits per heavy atom. The average molecular weight is 394 g/mol. The first-order valence-electron chi connectivity index (χ1n) is 8.92. The predicted octanol–water partition coefficient (Wildman–Crippen LogP) is 4.48. The molecule has 0 atom stereocenters. The number of fused-ring (bicyclic) bond motifs is 3. The number of anilines is 1. The Morgan fingerprint density at radius 3 is 2.21 bits per heavy atom. The molecule has 3 aromatic carbocycles. The van der Waals surface area contributed by atoms with Crippen LogP contribution in [0.25, 0.3) is 21.8 Å². The number of hydrogen-bond donors (Lipinski definition) is 2. The highest BCUT2D eigenvalue weighted by Gasteiger charge is 2.08. The summed E-state index contributed by atoms with van der Waals surface area (Å²) in [6.45, 7) is 3.13. The Morgan fingerprint density at radius 1 is 0.964 bits per heavy atom. The minimum absolute atomic E-state index is 0.298. The number of hydrogen-bond acceptors (Lipinski definition) is 4. The number of sulfone groups is 1. The number of para-hydroxylation sites is 1. The maximum atomic E-state index is 10.9. The molecule has 0 saturated heterocycles. The van der Waals surface area contributed by atoms with Gasteiger partial charge >= 0.3 is 0 Å². The van der Waals surface area contributed by atoms with E-state index in [1.165, 1.54) is 46.4 Å². The zero-order valence-corrected chi connectivity index (χ0v) is 16.7. The van der Waals surface area contributed by atoms with E-state index in [-0.39, 0.29) is 0 Å². The molecule has 0 radical (unpaired) electrons. The monoisotopic (exact) mass is 393 g/mol. The second-order valence-electron chi connectivity index (χ2n) is 6.52. The van der Waals surface area contributed by atoms with Gasteiger partial charge in [-0.15, -0.1) is 0 Å². The molecule has 0 aliphatic rings. The van der Waals surface area contributed by atoms with Gasteiger partial charge in [-0.25, -0.2) is 8.42 Å². The number of aryl methyl sites for hydroxylation is 1. The van der Waals surface area contributed by atoms with Gasteiger partial charge in [-0.1, -0.05) is 24.3 Å². The molecule has 0 amide bonds. The summed E-state index contributed by atoms with van der Waals surface area (Å²) in [5, 5.41) is 9.86. The molecule has 0 bridgehead atoms. The van der Waals surface area contributed by atoms with Crippen LogP contribution in [0.2, 0.25) is 0 Å². The summed E-state index contributed by atoms with van der Waals surface area (Å²) in [7, 11) is -3.08. The highest BCUT2D eigenvalue weighted by Crippen LogP contribution is 2.29. The second-order valence-corrected chi connectivity index (χ2v) is 8.54. The zero-order chi connectivity index (χ0) is 20.3. The molecule has 28 heavy (non-hydrogen) atoms. The Labute approximate surface area is 164 Å². The lowest BCUT2D eigenvalue weighted by Crippen LogP contribution is -1.96. The van der Waals surface area contributed by atoms with Crippen molar-refractivity contribution in [1.82, 2.24) is 4.57 Å². The number of nitrogen functional groups attached to an aromatic ring is 1. The third-order valence-electron chi connectivity index (χ3n) is 4.59. The fourth-order valence-electron chi connectivity index (χ4n) is 3.22. The Balaban J connectivity index is 0.000000178. The number of nitrogens with two attached hydrogens (primary N) is 1. The third-order valence-corrected chi connectivity index (χ3v) is 5.72. The Bertz CT molecular complexity index is 1240. The van der Waals surface area contributed by atoms with E-state index in [9.17, 15) is 8.42 Å². The van der Waals surface area contributed by atoms with Gasteiger partial charge in [0.25, 0.3) is 0 Å². The molecule has 0 saturated carbocycles. The fraction of sp³-hybridized carbons (Fsp3) is 0.136. The lowest BCUT2D eigenvalue weighted by Gasteiger charge is -2.02. The van der Waals surface area contributed by atoms with E-state index < -0.39 is 9.84 Å². The molecule has 4 aromatic rings. The number of benzene rings is 3. The number of aromatic nitrogens is 1. The van der Waals surface area contributed by atoms with E-state index >= 15 is 0 Å². The second kappa shape index (κ2) is 7.86. The maximum absolute atomic E-state index is 10.9. The maximum Gasteiger partial charge on any atom is 0.175 e. The largest absolute Gasteiger partial charge is 0.399 e. The Hall–Kier alpha value is -3.12. The van der Waals surface area contributed by atoms with Crippen LogP contribution in [0.15, 0.2) is 71.6 Å². The molecule has 4 rings (SSSR count). The highest BCUT2D eigenvalue weighted by molar-refractivity contribution is 7.90. The van der Waals surface area contributed by atoms with E-state index in [0.717, 1.165) is 12.1 Å². The van der Waals surface area contributed by atoms with Crippen LogP contribution in [0, 0.1) is 5.41 Å². The normalized spacial score (nSPS) is 11.2. The van der Waals surface area contributed by atoms with Gasteiger partial charge in [0.1, 0.15) is 0 Å². The van der Waals surface area contributed by atoms with Crippen LogP contribution < -0.4 is 5.73 Å². The molecule has 1 aromatic heterocycles. The van der Waals surface area contributed by atoms with Crippen molar-refractivity contribution in [2.75, 3.05) is 12.0 Å². The molecular weight excluding hydrogens is 370 g/mol. The molecular formula is C22H23N3O2S. The first kappa shape index (κ1) is 19.6. The number of rotatable bonds is 3. The molecule has 0 spiro atoms. The van der Waals surface area contributed by atoms with Crippen LogP contribution in [-0.2, 0) is 16.4 Å². The Kier molecular flexibility index (Phi) is 5.51. The van der Waals surface area contributed by atoms with Crippen LogP contribution in [0.1, 0.15) is 12.5 Å². The van der Waals surface area contributed by atoms with Crippen molar-refractivity contribution < 1.29 is 8.42 Å². The van der Waals surface area contributed by atoms with Crippen LogP contribution in [-0.4, -0.2) is 25.5 Å². The van der Waals surface area contributed by atoms with E-state index in [2.05, 4.69) is 47.9 Å². The van der Waals surface area contributed by atoms with Crippen molar-refractivity contribution in [2.45, 2.75) is 18.4 Å². The molecule has 1 heterocycles. The van der Waals surface area contributed by atoms with Crippen LogP contribution >= 0.6 is 0 Å². The van der Waals surface area contributed by atoms with Gasteiger partial charge < -0.3 is 15.7 Å². The van der Waals surface area contributed by atoms with Gasteiger partial charge in [-0.2, -0.15) is 0 Å². The van der Waals surface area contributed by atoms with Crippen LogP contribution in [0.4, 0.5) is 5.69 Å². The highest BCUT2D eigenvalue weighted by atomic mass is 32.2. The van der Waals surface area contributed by atoms with Gasteiger partial charge in [0, 0.05) is 46.5 Å². The van der Waals surface area contributed by atoms with Gasteiger partial charge in [0.2, 0.25) is 0 Å². The smallest absolute Gasteiger partial charge is 0.175 e. The standard InChI is InChI=1S/C15H14N2.C7H9NO2S/c1-2-17-14-6-4-3-5-12(14)13-9-11(10-16)7-8-15(13)17;1-11(9,10)7-4-2-6(8)3-5-7/h3-10,16H,2H2,1H3;2-5H,8H2,1H3. The molecule has 0 fully saturated rings. The zero-order valence-electron chi connectivity index (χ0n) is 15.9. The summed E-state index contributed by atoms with van der Waals surface area (Å²) in [4.78, 5) is 0.298. The van der Waals surface area contributed by atoms with E-state index in [1.54, 1.807) is 12.1 Å². The summed E-state index contributed by atoms with van der Waals surface area (Å²) >= 11 is 0. The first-order chi connectivity index (χ1) is 13.3. The molecule has 0 aliphatic carbocycles. The van der Waals surface area contributed by atoms with E-state index in [0.29, 0.717) is 10.6 Å². The summed E-state index contributed by atoms with van der Waals surface area (Å²) in [6, 6.07) is 20.8. The molecule has 5 nitrogen and oxygen atoms in total. The van der Waals surface area contributed by atoms with E-state index in [4.69, 9.17) is 11.1 Å². The molecule has 0 unspecified atom stereocenters. The van der Waals surface area contributed by atoms with Crippen LogP contribution in [0.5, 0.6) is 0 Å². The number of nitrogens with zero attached hydrogens (tertiary/aromatic N) is 1. The van der Waals surface area contributed by atoms with Gasteiger partial charge in [-0.3, -0.25) is 0 Å². The number of nitrogens with one attached hydrogen (secondary N) is 1. The van der Waals surface area contributed by atoms with Crippen molar-refractivity contribution >= 4 is 43.5 Å². The molecule has 6 heteroatoms. The quantitative estimate of drug-likeness (QED) is 0.397. The topological polar surface area (TPSA) is 88.9 Å². The fourth-order valence-corrected chi connectivity index (χ4v) is 3.85. The lowest BCUT2D eigenvalue weighted by molar-refractivity contribution is 0.602. The summed E-state index contributed by atoms with van der Waals surface area (Å²) < 4.78 is 24.1. The van der Waals surface area contributed by atoms with Crippen LogP contribution in [0.3, 0.4) is 0 Å². The van der Waals surface area contributed by atoms with E-state index in [1.807, 2.05) is 6.07 Å². The summed E-state index contributed by atoms with van der Waals surface area (Å²) in [5.74, 6) is 0. The van der Waals surface area contributed by atoms with Crippen molar-refractivity contribution in [2.24, 2.45) is 0 Å². The molecule has 0 aliphatic heterocycles. The van der Waals surface area contributed by atoms with Crippen molar-refractivity contribution in [3.8, 4) is 0 Å². The predicted molar refractivity (Wildman–Crippen MR) is 117 cm³/mol. The van der Waals surface area contributed by atoms with Crippen molar-refractivity contribution in [1.29, 1.82) is 5.41 Å². The van der Waals surface area contributed by atoms with Gasteiger partial charge in [-0.05, 0) is 55.0 Å². The first-order valence-corrected chi connectivity index (χ1v) is 10.8. The van der Waals surface area contributed by atoms with Crippen molar-refractivity contribution in [3.05, 3.63) is 72.3 Å². The van der Waals surface area contributed by atoms with Gasteiger partial charge in [0.05, 0.1) is 4.90 Å². The minimum atomic E-state index is -3.08. The summed E-state index contributed by atoms with van der Waals surface area (Å²) in [5.41, 5.74) is 9.42. The third kappa shape index (κ3) is 3.92. The van der Waals surface area contributed by atoms with Gasteiger partial charge in [0.15, 0.2) is 9.84 Å². The molecule has 144 valence electrons.